The number of benzene rings is 2. The minimum Gasteiger partial charge on any atom is -0.487 e. The van der Waals surface area contributed by atoms with Gasteiger partial charge in [0.1, 0.15) is 12.4 Å². The molecule has 0 aromatic heterocycles. The van der Waals surface area contributed by atoms with Crippen LogP contribution in [0.1, 0.15) is 22.3 Å². The quantitative estimate of drug-likeness (QED) is 0.822. The molecule has 0 spiro atoms. The predicted octanol–water partition coefficient (Wildman–Crippen LogP) is 3.44. The Bertz CT molecular complexity index is 697. The Labute approximate surface area is 140 Å². The number of hydrogen-bond acceptors (Lipinski definition) is 4. The van der Waals surface area contributed by atoms with Crippen LogP contribution < -0.4 is 4.74 Å². The van der Waals surface area contributed by atoms with E-state index in [-0.39, 0.29) is 25.6 Å². The monoisotopic (exact) mass is 334 g/mol. The second-order valence-corrected chi connectivity index (χ2v) is 5.60. The van der Waals surface area contributed by atoms with Crippen LogP contribution in [0.5, 0.6) is 5.75 Å². The van der Waals surface area contributed by atoms with E-state index >= 15 is 0 Å². The highest BCUT2D eigenvalue weighted by Crippen LogP contribution is 2.27. The minimum atomic E-state index is -0.338. The van der Waals surface area contributed by atoms with Gasteiger partial charge in [-0.1, -0.05) is 35.9 Å². The summed E-state index contributed by atoms with van der Waals surface area (Å²) in [6, 6.07) is 11.0. The van der Waals surface area contributed by atoms with Crippen molar-refractivity contribution in [2.45, 2.75) is 26.6 Å². The summed E-state index contributed by atoms with van der Waals surface area (Å²) in [6.45, 7) is 2.03. The number of aryl methyl sites for hydroxylation is 1. The number of aliphatic hydroxyl groups excluding tert-OH is 1. The van der Waals surface area contributed by atoms with Crippen molar-refractivity contribution in [3.05, 3.63) is 63.7 Å². The molecule has 0 aliphatic heterocycles. The average Bonchev–Trinajstić information content (AvgIpc) is 2.54. The molecule has 23 heavy (non-hydrogen) atoms. The number of carbonyl (C=O) groups is 1. The SMILES string of the molecule is COC(=O)Cc1cccc(CO)c1COc1ccc(C)cc1Cl. The van der Waals surface area contributed by atoms with Crippen LogP contribution in [-0.4, -0.2) is 18.2 Å². The molecule has 0 saturated carbocycles. The highest BCUT2D eigenvalue weighted by atomic mass is 35.5. The molecule has 0 fully saturated rings. The van der Waals surface area contributed by atoms with E-state index in [0.717, 1.165) is 22.3 Å². The summed E-state index contributed by atoms with van der Waals surface area (Å²) < 4.78 is 10.5. The third-order valence-corrected chi connectivity index (χ3v) is 3.86. The molecule has 0 atom stereocenters. The largest absolute Gasteiger partial charge is 0.487 e. The number of halogens is 1. The standard InChI is InChI=1S/C18H19ClO4/c1-12-6-7-17(16(19)8-12)23-11-15-13(9-18(21)22-2)4-3-5-14(15)10-20/h3-8,20H,9-11H2,1-2H3. The van der Waals surface area contributed by atoms with Gasteiger partial charge in [0.2, 0.25) is 0 Å². The van der Waals surface area contributed by atoms with E-state index in [1.54, 1.807) is 18.2 Å². The van der Waals surface area contributed by atoms with Gasteiger partial charge in [-0.25, -0.2) is 0 Å². The molecule has 0 radical (unpaired) electrons. The summed E-state index contributed by atoms with van der Waals surface area (Å²) in [7, 11) is 1.35. The van der Waals surface area contributed by atoms with Gasteiger partial charge >= 0.3 is 5.97 Å². The van der Waals surface area contributed by atoms with E-state index in [9.17, 15) is 9.90 Å². The van der Waals surface area contributed by atoms with E-state index in [1.165, 1.54) is 7.11 Å². The summed E-state index contributed by atoms with van der Waals surface area (Å²) in [6.07, 6.45) is 0.130. The van der Waals surface area contributed by atoms with Crippen molar-refractivity contribution in [3.8, 4) is 5.75 Å². The van der Waals surface area contributed by atoms with E-state index in [4.69, 9.17) is 21.1 Å². The van der Waals surface area contributed by atoms with Gasteiger partial charge in [0.25, 0.3) is 0 Å². The lowest BCUT2D eigenvalue weighted by Gasteiger charge is -2.15. The van der Waals surface area contributed by atoms with Crippen molar-refractivity contribution >= 4 is 17.6 Å². The minimum absolute atomic E-state index is 0.130. The fourth-order valence-electron chi connectivity index (χ4n) is 2.29. The number of ether oxygens (including phenoxy) is 2. The highest BCUT2D eigenvalue weighted by molar-refractivity contribution is 6.32. The molecule has 2 aromatic rings. The van der Waals surface area contributed by atoms with Crippen LogP contribution in [-0.2, 0) is 29.2 Å². The molecule has 2 aromatic carbocycles. The Morgan fingerprint density at radius 3 is 2.61 bits per heavy atom. The Morgan fingerprint density at radius 2 is 1.96 bits per heavy atom. The van der Waals surface area contributed by atoms with Gasteiger partial charge in [0.15, 0.2) is 0 Å². The third kappa shape index (κ3) is 4.47. The van der Waals surface area contributed by atoms with Crippen molar-refractivity contribution in [2.75, 3.05) is 7.11 Å². The van der Waals surface area contributed by atoms with Gasteiger partial charge in [-0.3, -0.25) is 4.79 Å². The van der Waals surface area contributed by atoms with Crippen LogP contribution in [0.2, 0.25) is 5.02 Å². The molecule has 0 aliphatic carbocycles. The second kappa shape index (κ2) is 7.99. The molecule has 1 N–H and O–H groups in total. The smallest absolute Gasteiger partial charge is 0.309 e. The van der Waals surface area contributed by atoms with E-state index in [2.05, 4.69) is 0 Å². The average molecular weight is 335 g/mol. The van der Waals surface area contributed by atoms with E-state index < -0.39 is 0 Å². The molecule has 5 heteroatoms. The first kappa shape index (κ1) is 17.3. The Balaban J connectivity index is 2.24. The van der Waals surface area contributed by atoms with Crippen molar-refractivity contribution in [1.82, 2.24) is 0 Å². The summed E-state index contributed by atoms with van der Waals surface area (Å²) in [5.74, 6) is 0.226. The molecule has 0 heterocycles. The van der Waals surface area contributed by atoms with Crippen LogP contribution in [0.4, 0.5) is 0 Å². The van der Waals surface area contributed by atoms with Gasteiger partial charge in [-0.15, -0.1) is 0 Å². The molecule has 0 bridgehead atoms. The van der Waals surface area contributed by atoms with Gasteiger partial charge in [0.05, 0.1) is 25.2 Å². The van der Waals surface area contributed by atoms with Crippen LogP contribution in [0.3, 0.4) is 0 Å². The second-order valence-electron chi connectivity index (χ2n) is 5.19. The van der Waals surface area contributed by atoms with Crippen molar-refractivity contribution < 1.29 is 19.4 Å². The first-order chi connectivity index (χ1) is 11.0. The third-order valence-electron chi connectivity index (χ3n) is 3.56. The molecule has 0 amide bonds. The maximum absolute atomic E-state index is 11.6. The molecule has 2 rings (SSSR count). The first-order valence-electron chi connectivity index (χ1n) is 7.21. The fourth-order valence-corrected chi connectivity index (χ4v) is 2.58. The fraction of sp³-hybridized carbons (Fsp3) is 0.278. The Kier molecular flexibility index (Phi) is 6.02. The number of esters is 1. The molecular weight excluding hydrogens is 316 g/mol. The number of rotatable bonds is 6. The van der Waals surface area contributed by atoms with Gasteiger partial charge in [0, 0.05) is 0 Å². The maximum Gasteiger partial charge on any atom is 0.309 e. The Morgan fingerprint density at radius 1 is 1.22 bits per heavy atom. The summed E-state index contributed by atoms with van der Waals surface area (Å²) in [5.41, 5.74) is 3.31. The van der Waals surface area contributed by atoms with Crippen LogP contribution in [0, 0.1) is 6.92 Å². The number of aliphatic hydroxyl groups is 1. The molecule has 4 nitrogen and oxygen atoms in total. The van der Waals surface area contributed by atoms with E-state index in [1.807, 2.05) is 25.1 Å². The van der Waals surface area contributed by atoms with Gasteiger partial charge < -0.3 is 14.6 Å². The zero-order chi connectivity index (χ0) is 16.8. The molecule has 0 unspecified atom stereocenters. The van der Waals surface area contributed by atoms with Crippen molar-refractivity contribution in [3.63, 3.8) is 0 Å². The molecule has 0 aliphatic rings. The summed E-state index contributed by atoms with van der Waals surface area (Å²) in [4.78, 5) is 11.6. The number of hydrogen-bond donors (Lipinski definition) is 1. The van der Waals surface area contributed by atoms with Crippen molar-refractivity contribution in [1.29, 1.82) is 0 Å². The predicted molar refractivity (Wildman–Crippen MR) is 88.6 cm³/mol. The van der Waals surface area contributed by atoms with Crippen LogP contribution >= 0.6 is 11.6 Å². The lowest BCUT2D eigenvalue weighted by molar-refractivity contribution is -0.139. The lowest BCUT2D eigenvalue weighted by Crippen LogP contribution is -2.10. The number of methoxy groups -OCH3 is 1. The Hall–Kier alpha value is -2.04. The van der Waals surface area contributed by atoms with Crippen LogP contribution in [0.25, 0.3) is 0 Å². The highest BCUT2D eigenvalue weighted by Gasteiger charge is 2.13. The maximum atomic E-state index is 11.6. The zero-order valence-corrected chi connectivity index (χ0v) is 13.9. The molecule has 122 valence electrons. The lowest BCUT2D eigenvalue weighted by atomic mass is 9.99. The topological polar surface area (TPSA) is 55.8 Å². The van der Waals surface area contributed by atoms with Crippen LogP contribution in [0.15, 0.2) is 36.4 Å². The normalized spacial score (nSPS) is 10.4. The first-order valence-corrected chi connectivity index (χ1v) is 7.59. The summed E-state index contributed by atoms with van der Waals surface area (Å²) in [5, 5.41) is 10.1. The molecular formula is C18H19ClO4. The van der Waals surface area contributed by atoms with Crippen molar-refractivity contribution in [2.24, 2.45) is 0 Å². The molecule has 0 saturated heterocycles. The van der Waals surface area contributed by atoms with Gasteiger partial charge in [-0.2, -0.15) is 0 Å². The van der Waals surface area contributed by atoms with Gasteiger partial charge in [-0.05, 0) is 41.3 Å². The zero-order valence-electron chi connectivity index (χ0n) is 13.1. The summed E-state index contributed by atoms with van der Waals surface area (Å²) >= 11 is 6.17. The number of carbonyl (C=O) groups excluding carboxylic acids is 1. The van der Waals surface area contributed by atoms with E-state index in [0.29, 0.717) is 10.8 Å².